The molecule has 11 nitrogen and oxygen atoms in total. The van der Waals surface area contributed by atoms with E-state index in [1.54, 1.807) is 65.8 Å². The Kier molecular flexibility index (Phi) is 9.03. The van der Waals surface area contributed by atoms with E-state index in [0.29, 0.717) is 31.0 Å². The Balaban J connectivity index is 1.81. The number of rotatable bonds is 5. The lowest BCUT2D eigenvalue weighted by molar-refractivity contribution is 0.0476. The maximum atomic E-state index is 12.9. The van der Waals surface area contributed by atoms with Gasteiger partial charge in [-0.2, -0.15) is 0 Å². The zero-order chi connectivity index (χ0) is 28.1. The zero-order valence-corrected chi connectivity index (χ0v) is 23.3. The molecule has 3 amide bonds. The number of halogens is 1. The number of ether oxygens (including phenoxy) is 2. The number of anilines is 2. The molecule has 1 saturated heterocycles. The van der Waals surface area contributed by atoms with E-state index in [9.17, 15) is 14.4 Å². The second-order valence-corrected chi connectivity index (χ2v) is 11.4. The Labute approximate surface area is 227 Å². The largest absolute Gasteiger partial charge is 0.444 e. The predicted molar refractivity (Wildman–Crippen MR) is 145 cm³/mol. The Bertz CT molecular complexity index is 1110. The Morgan fingerprint density at radius 1 is 0.895 bits per heavy atom. The highest BCUT2D eigenvalue weighted by Crippen LogP contribution is 2.23. The summed E-state index contributed by atoms with van der Waals surface area (Å²) in [4.78, 5) is 39.7. The molecule has 0 bridgehead atoms. The van der Waals surface area contributed by atoms with E-state index in [0.717, 1.165) is 0 Å². The molecule has 3 rings (SSSR count). The van der Waals surface area contributed by atoms with Crippen LogP contribution in [0.1, 0.15) is 58.3 Å². The van der Waals surface area contributed by atoms with Gasteiger partial charge in [0.25, 0.3) is 5.91 Å². The molecule has 38 heavy (non-hydrogen) atoms. The molecule has 0 saturated carbocycles. The van der Waals surface area contributed by atoms with Crippen molar-refractivity contribution in [1.29, 1.82) is 0 Å². The first-order valence-corrected chi connectivity index (χ1v) is 12.7. The van der Waals surface area contributed by atoms with Gasteiger partial charge in [0.05, 0.1) is 17.6 Å². The molecule has 1 aliphatic heterocycles. The molecule has 2 unspecified atom stereocenters. The van der Waals surface area contributed by atoms with E-state index < -0.39 is 41.4 Å². The van der Waals surface area contributed by atoms with Crippen LogP contribution >= 0.6 is 11.6 Å². The molecule has 2 heterocycles. The first kappa shape index (κ1) is 29.0. The normalized spacial score (nSPS) is 17.8. The molecule has 0 aliphatic carbocycles. The molecule has 2 aromatic rings. The molecule has 1 fully saturated rings. The standard InChI is InChI=1S/C26H35ClN6O5/c1-25(2,3)37-23(35)29-17-12-18(30-24(36)38-26(4,5)6)15-33(14-17)20-13-19(21(27)32-31-20)22(34)28-16-10-8-7-9-11-16/h7-11,13,17-18H,12,14-15H2,1-6H3,(H,28,34)(H,29,35)(H,30,36). The molecule has 2 atom stereocenters. The fraction of sp³-hybridized carbons (Fsp3) is 0.500. The number of alkyl carbamates (subject to hydrolysis) is 2. The second-order valence-electron chi connectivity index (χ2n) is 11.1. The summed E-state index contributed by atoms with van der Waals surface area (Å²) in [5.74, 6) is -0.0829. The van der Waals surface area contributed by atoms with Crippen molar-refractivity contribution < 1.29 is 23.9 Å². The van der Waals surface area contributed by atoms with Gasteiger partial charge in [-0.1, -0.05) is 29.8 Å². The quantitative estimate of drug-likeness (QED) is 0.503. The minimum Gasteiger partial charge on any atom is -0.444 e. The van der Waals surface area contributed by atoms with Gasteiger partial charge in [-0.05, 0) is 66.2 Å². The summed E-state index contributed by atoms with van der Waals surface area (Å²) in [6, 6.07) is 9.68. The van der Waals surface area contributed by atoms with E-state index in [-0.39, 0.29) is 10.7 Å². The van der Waals surface area contributed by atoms with Gasteiger partial charge in [-0.25, -0.2) is 9.59 Å². The fourth-order valence-corrected chi connectivity index (χ4v) is 4.02. The van der Waals surface area contributed by atoms with Gasteiger partial charge in [0.2, 0.25) is 0 Å². The van der Waals surface area contributed by atoms with E-state index in [4.69, 9.17) is 21.1 Å². The highest BCUT2D eigenvalue weighted by Gasteiger charge is 2.33. The number of para-hydroxylation sites is 1. The molecule has 206 valence electrons. The van der Waals surface area contributed by atoms with Gasteiger partial charge < -0.3 is 30.3 Å². The van der Waals surface area contributed by atoms with E-state index in [2.05, 4.69) is 26.1 Å². The number of benzene rings is 1. The summed E-state index contributed by atoms with van der Waals surface area (Å²) in [7, 11) is 0. The molecular formula is C26H35ClN6O5. The Hall–Kier alpha value is -3.60. The summed E-state index contributed by atoms with van der Waals surface area (Å²) < 4.78 is 10.8. The minimum atomic E-state index is -0.671. The number of nitrogens with zero attached hydrogens (tertiary/aromatic N) is 3. The maximum Gasteiger partial charge on any atom is 0.407 e. The molecule has 1 aromatic heterocycles. The lowest BCUT2D eigenvalue weighted by atomic mass is 10.0. The van der Waals surface area contributed by atoms with Crippen LogP contribution in [-0.2, 0) is 9.47 Å². The highest BCUT2D eigenvalue weighted by atomic mass is 35.5. The van der Waals surface area contributed by atoms with Crippen LogP contribution in [0.4, 0.5) is 21.1 Å². The van der Waals surface area contributed by atoms with Crippen LogP contribution in [0.15, 0.2) is 36.4 Å². The summed E-state index contributed by atoms with van der Waals surface area (Å²) in [5.41, 5.74) is -0.600. The third-order valence-electron chi connectivity index (χ3n) is 5.23. The molecule has 3 N–H and O–H groups in total. The second kappa shape index (κ2) is 11.8. The highest BCUT2D eigenvalue weighted by molar-refractivity contribution is 6.33. The monoisotopic (exact) mass is 546 g/mol. The first-order chi connectivity index (χ1) is 17.7. The number of aromatic nitrogens is 2. The van der Waals surface area contributed by atoms with Gasteiger partial charge >= 0.3 is 12.2 Å². The Morgan fingerprint density at radius 3 is 1.92 bits per heavy atom. The number of nitrogens with one attached hydrogen (secondary N) is 3. The van der Waals surface area contributed by atoms with Crippen LogP contribution in [-0.4, -0.2) is 64.7 Å². The number of hydrogen-bond donors (Lipinski definition) is 3. The van der Waals surface area contributed by atoms with Crippen molar-refractivity contribution in [3.8, 4) is 0 Å². The van der Waals surface area contributed by atoms with Gasteiger partial charge in [0.1, 0.15) is 11.2 Å². The van der Waals surface area contributed by atoms with Crippen molar-refractivity contribution in [1.82, 2.24) is 20.8 Å². The van der Waals surface area contributed by atoms with Crippen molar-refractivity contribution in [2.45, 2.75) is 71.2 Å². The van der Waals surface area contributed by atoms with Gasteiger partial charge in [-0.3, -0.25) is 4.79 Å². The number of carbonyl (C=O) groups excluding carboxylic acids is 3. The lowest BCUT2D eigenvalue weighted by Crippen LogP contribution is -2.58. The fourth-order valence-electron chi connectivity index (χ4n) is 3.84. The van der Waals surface area contributed by atoms with Crippen LogP contribution < -0.4 is 20.9 Å². The van der Waals surface area contributed by atoms with Crippen LogP contribution in [0.2, 0.25) is 5.15 Å². The Morgan fingerprint density at radius 2 is 1.42 bits per heavy atom. The van der Waals surface area contributed by atoms with E-state index >= 15 is 0 Å². The van der Waals surface area contributed by atoms with Crippen molar-refractivity contribution in [3.05, 3.63) is 47.1 Å². The summed E-state index contributed by atoms with van der Waals surface area (Å²) in [6.07, 6.45) is -0.729. The number of amides is 3. The first-order valence-electron chi connectivity index (χ1n) is 12.3. The number of piperidine rings is 1. The summed E-state index contributed by atoms with van der Waals surface area (Å²) >= 11 is 6.21. The van der Waals surface area contributed by atoms with Crippen molar-refractivity contribution in [2.24, 2.45) is 0 Å². The van der Waals surface area contributed by atoms with Crippen molar-refractivity contribution in [3.63, 3.8) is 0 Å². The molecule has 0 spiro atoms. The lowest BCUT2D eigenvalue weighted by Gasteiger charge is -2.39. The average Bonchev–Trinajstić information content (AvgIpc) is 2.77. The van der Waals surface area contributed by atoms with Gasteiger partial charge in [-0.15, -0.1) is 10.2 Å². The van der Waals surface area contributed by atoms with E-state index in [1.165, 1.54) is 6.07 Å². The topological polar surface area (TPSA) is 135 Å². The van der Waals surface area contributed by atoms with Crippen molar-refractivity contribution in [2.75, 3.05) is 23.3 Å². The van der Waals surface area contributed by atoms with Crippen LogP contribution in [0.3, 0.4) is 0 Å². The van der Waals surface area contributed by atoms with Crippen LogP contribution in [0.5, 0.6) is 0 Å². The van der Waals surface area contributed by atoms with Crippen LogP contribution in [0.25, 0.3) is 0 Å². The molecule has 12 heteroatoms. The third kappa shape index (κ3) is 9.05. The van der Waals surface area contributed by atoms with Crippen molar-refractivity contribution >= 4 is 41.2 Å². The molecular weight excluding hydrogens is 512 g/mol. The molecule has 1 aromatic carbocycles. The third-order valence-corrected chi connectivity index (χ3v) is 5.51. The SMILES string of the molecule is CC(C)(C)OC(=O)NC1CC(NC(=O)OC(C)(C)C)CN(c2cc(C(=O)Nc3ccccc3)c(Cl)nn2)C1. The van der Waals surface area contributed by atoms with E-state index in [1.807, 2.05) is 11.0 Å². The smallest absolute Gasteiger partial charge is 0.407 e. The molecule has 0 radical (unpaired) electrons. The van der Waals surface area contributed by atoms with Gasteiger partial charge in [0, 0.05) is 18.8 Å². The van der Waals surface area contributed by atoms with Crippen LogP contribution in [0, 0.1) is 0 Å². The minimum absolute atomic E-state index is 0.0500. The zero-order valence-electron chi connectivity index (χ0n) is 22.5. The molecule has 1 aliphatic rings. The summed E-state index contributed by atoms with van der Waals surface area (Å²) in [5, 5.41) is 16.6. The maximum absolute atomic E-state index is 12.9. The predicted octanol–water partition coefficient (Wildman–Crippen LogP) is 4.38. The van der Waals surface area contributed by atoms with Gasteiger partial charge in [0.15, 0.2) is 11.0 Å². The summed E-state index contributed by atoms with van der Waals surface area (Å²) in [6.45, 7) is 11.3. The average molecular weight is 547 g/mol. The number of hydrogen-bond acceptors (Lipinski definition) is 8. The number of carbonyl (C=O) groups is 3.